The molecule has 1 saturated carbocycles. The lowest BCUT2D eigenvalue weighted by molar-refractivity contribution is 0.199. The Hall–Kier alpha value is -1.06. The summed E-state index contributed by atoms with van der Waals surface area (Å²) in [6, 6.07) is 7.64. The Balaban J connectivity index is 1.96. The van der Waals surface area contributed by atoms with Crippen LogP contribution in [0.3, 0.4) is 0 Å². The summed E-state index contributed by atoms with van der Waals surface area (Å²) in [5, 5.41) is 3.40. The molecule has 2 rings (SSSR count). The van der Waals surface area contributed by atoms with Gasteiger partial charge in [0.2, 0.25) is 0 Å². The molecule has 1 aromatic carbocycles. The van der Waals surface area contributed by atoms with Crippen molar-refractivity contribution in [2.75, 3.05) is 31.7 Å². The van der Waals surface area contributed by atoms with Gasteiger partial charge in [-0.3, -0.25) is 0 Å². The number of hydrogen-bond acceptors (Lipinski definition) is 3. The number of nitrogens with zero attached hydrogens (tertiary/aromatic N) is 1. The van der Waals surface area contributed by atoms with Crippen LogP contribution in [0.25, 0.3) is 0 Å². The number of nitrogens with one attached hydrogen (secondary N) is 1. The molecular formula is C16H26N2O. The van der Waals surface area contributed by atoms with E-state index in [9.17, 15) is 0 Å². The minimum atomic E-state index is 0.766. The highest BCUT2D eigenvalue weighted by Gasteiger charge is 2.28. The lowest BCUT2D eigenvalue weighted by atomic mass is 10.1. The molecule has 0 spiro atoms. The first-order valence-corrected chi connectivity index (χ1v) is 7.32. The topological polar surface area (TPSA) is 24.5 Å². The molecule has 1 aromatic rings. The van der Waals surface area contributed by atoms with Crippen LogP contribution in [0.5, 0.6) is 0 Å². The third kappa shape index (κ3) is 3.95. The fourth-order valence-electron chi connectivity index (χ4n) is 2.49. The molecular weight excluding hydrogens is 236 g/mol. The monoisotopic (exact) mass is 262 g/mol. The largest absolute Gasteiger partial charge is 0.383 e. The van der Waals surface area contributed by atoms with E-state index in [1.807, 2.05) is 0 Å². The van der Waals surface area contributed by atoms with Crippen molar-refractivity contribution in [1.82, 2.24) is 5.32 Å². The van der Waals surface area contributed by atoms with Gasteiger partial charge in [0.05, 0.1) is 6.61 Å². The number of aryl methyl sites for hydroxylation is 1. The van der Waals surface area contributed by atoms with Crippen LogP contribution in [0, 0.1) is 6.92 Å². The molecule has 0 amide bonds. The van der Waals surface area contributed by atoms with Crippen molar-refractivity contribution in [2.24, 2.45) is 0 Å². The van der Waals surface area contributed by atoms with Crippen LogP contribution < -0.4 is 10.2 Å². The summed E-state index contributed by atoms with van der Waals surface area (Å²) in [5.74, 6) is 0. The maximum atomic E-state index is 5.04. The van der Waals surface area contributed by atoms with E-state index in [4.69, 9.17) is 4.74 Å². The van der Waals surface area contributed by atoms with E-state index in [1.54, 1.807) is 7.11 Å². The molecule has 0 aliphatic heterocycles. The molecule has 0 heterocycles. The molecule has 0 atom stereocenters. The maximum absolute atomic E-state index is 5.04. The molecule has 106 valence electrons. The second kappa shape index (κ2) is 6.92. The van der Waals surface area contributed by atoms with Gasteiger partial charge in [-0.05, 0) is 49.9 Å². The molecule has 1 fully saturated rings. The average molecular weight is 262 g/mol. The molecule has 0 saturated heterocycles. The summed E-state index contributed by atoms with van der Waals surface area (Å²) in [6.45, 7) is 8.15. The molecule has 1 N–H and O–H groups in total. The summed E-state index contributed by atoms with van der Waals surface area (Å²) in [6.07, 6.45) is 2.71. The Morgan fingerprint density at radius 2 is 2.16 bits per heavy atom. The van der Waals surface area contributed by atoms with E-state index in [-0.39, 0.29) is 0 Å². The van der Waals surface area contributed by atoms with E-state index in [1.165, 1.54) is 29.7 Å². The zero-order chi connectivity index (χ0) is 13.7. The minimum absolute atomic E-state index is 0.766. The Kier molecular flexibility index (Phi) is 5.23. The van der Waals surface area contributed by atoms with Crippen LogP contribution in [0.4, 0.5) is 5.69 Å². The quantitative estimate of drug-likeness (QED) is 0.729. The highest BCUT2D eigenvalue weighted by molar-refractivity contribution is 5.52. The standard InChI is InChI=1S/C16H26N2O/c1-4-18(15-7-8-15)16-6-5-14(13(2)11-16)12-17-9-10-19-3/h5-6,11,15,17H,4,7-10,12H2,1-3H3. The van der Waals surface area contributed by atoms with Gasteiger partial charge in [-0.2, -0.15) is 0 Å². The van der Waals surface area contributed by atoms with Crippen molar-refractivity contribution in [1.29, 1.82) is 0 Å². The predicted molar refractivity (Wildman–Crippen MR) is 80.8 cm³/mol. The fourth-order valence-corrected chi connectivity index (χ4v) is 2.49. The number of anilines is 1. The molecule has 0 bridgehead atoms. The number of rotatable bonds is 8. The van der Waals surface area contributed by atoms with E-state index in [0.717, 1.165) is 32.3 Å². The normalized spacial score (nSPS) is 14.7. The molecule has 1 aliphatic carbocycles. The number of benzene rings is 1. The van der Waals surface area contributed by atoms with E-state index >= 15 is 0 Å². The van der Waals surface area contributed by atoms with Gasteiger partial charge in [0.15, 0.2) is 0 Å². The lowest BCUT2D eigenvalue weighted by Crippen LogP contribution is -2.25. The summed E-state index contributed by atoms with van der Waals surface area (Å²) in [4.78, 5) is 2.52. The zero-order valence-corrected chi connectivity index (χ0v) is 12.4. The first-order valence-electron chi connectivity index (χ1n) is 7.32. The van der Waals surface area contributed by atoms with Gasteiger partial charge in [-0.15, -0.1) is 0 Å². The van der Waals surface area contributed by atoms with Crippen LogP contribution in [-0.2, 0) is 11.3 Å². The Bertz CT molecular complexity index is 402. The first kappa shape index (κ1) is 14.4. The van der Waals surface area contributed by atoms with Gasteiger partial charge in [0.1, 0.15) is 0 Å². The highest BCUT2D eigenvalue weighted by atomic mass is 16.5. The highest BCUT2D eigenvalue weighted by Crippen LogP contribution is 2.32. The third-order valence-electron chi connectivity index (χ3n) is 3.78. The van der Waals surface area contributed by atoms with Crippen LogP contribution in [0.1, 0.15) is 30.9 Å². The predicted octanol–water partition coefficient (Wildman–Crippen LogP) is 2.72. The smallest absolute Gasteiger partial charge is 0.0587 e. The van der Waals surface area contributed by atoms with E-state index in [0.29, 0.717) is 0 Å². The molecule has 3 heteroatoms. The Morgan fingerprint density at radius 3 is 2.74 bits per heavy atom. The number of methoxy groups -OCH3 is 1. The molecule has 19 heavy (non-hydrogen) atoms. The molecule has 0 unspecified atom stereocenters. The summed E-state index contributed by atoms with van der Waals surface area (Å²) >= 11 is 0. The van der Waals surface area contributed by atoms with Crippen molar-refractivity contribution in [2.45, 2.75) is 39.3 Å². The summed E-state index contributed by atoms with van der Waals surface area (Å²) in [7, 11) is 1.74. The molecule has 1 aliphatic rings. The van der Waals surface area contributed by atoms with Crippen molar-refractivity contribution in [3.63, 3.8) is 0 Å². The Morgan fingerprint density at radius 1 is 1.37 bits per heavy atom. The maximum Gasteiger partial charge on any atom is 0.0587 e. The third-order valence-corrected chi connectivity index (χ3v) is 3.78. The van der Waals surface area contributed by atoms with Crippen molar-refractivity contribution in [3.8, 4) is 0 Å². The van der Waals surface area contributed by atoms with Crippen LogP contribution >= 0.6 is 0 Å². The van der Waals surface area contributed by atoms with Gasteiger partial charge >= 0.3 is 0 Å². The van der Waals surface area contributed by atoms with E-state index < -0.39 is 0 Å². The number of hydrogen-bond donors (Lipinski definition) is 1. The zero-order valence-electron chi connectivity index (χ0n) is 12.4. The summed E-state index contributed by atoms with van der Waals surface area (Å²) in [5.41, 5.74) is 4.14. The van der Waals surface area contributed by atoms with Crippen LogP contribution in [0.15, 0.2) is 18.2 Å². The second-order valence-corrected chi connectivity index (χ2v) is 5.30. The second-order valence-electron chi connectivity index (χ2n) is 5.30. The van der Waals surface area contributed by atoms with Gasteiger partial charge in [-0.1, -0.05) is 6.07 Å². The number of ether oxygens (including phenoxy) is 1. The van der Waals surface area contributed by atoms with Gasteiger partial charge in [0, 0.05) is 38.5 Å². The molecule has 3 nitrogen and oxygen atoms in total. The van der Waals surface area contributed by atoms with Crippen LogP contribution in [-0.4, -0.2) is 32.8 Å². The lowest BCUT2D eigenvalue weighted by Gasteiger charge is -2.24. The van der Waals surface area contributed by atoms with Crippen LogP contribution in [0.2, 0.25) is 0 Å². The SMILES string of the molecule is CCN(c1ccc(CNCCOC)c(C)c1)C1CC1. The van der Waals surface area contributed by atoms with Gasteiger partial charge < -0.3 is 15.0 Å². The summed E-state index contributed by atoms with van der Waals surface area (Å²) < 4.78 is 5.04. The van der Waals surface area contributed by atoms with E-state index in [2.05, 4.69) is 42.3 Å². The molecule has 0 aromatic heterocycles. The van der Waals surface area contributed by atoms with Gasteiger partial charge in [-0.25, -0.2) is 0 Å². The van der Waals surface area contributed by atoms with Crippen molar-refractivity contribution >= 4 is 5.69 Å². The molecule has 0 radical (unpaired) electrons. The fraction of sp³-hybridized carbons (Fsp3) is 0.625. The van der Waals surface area contributed by atoms with Gasteiger partial charge in [0.25, 0.3) is 0 Å². The first-order chi connectivity index (χ1) is 9.26. The van der Waals surface area contributed by atoms with Crippen molar-refractivity contribution < 1.29 is 4.74 Å². The minimum Gasteiger partial charge on any atom is -0.383 e. The Labute approximate surface area is 116 Å². The average Bonchev–Trinajstić information content (AvgIpc) is 3.22. The van der Waals surface area contributed by atoms with Crippen molar-refractivity contribution in [3.05, 3.63) is 29.3 Å².